The van der Waals surface area contributed by atoms with Crippen LogP contribution in [0.2, 0.25) is 0 Å². The van der Waals surface area contributed by atoms with E-state index in [0.29, 0.717) is 12.6 Å². The molecule has 2 aliphatic carbocycles. The van der Waals surface area contributed by atoms with Gasteiger partial charge in [0.05, 0.1) is 0 Å². The van der Waals surface area contributed by atoms with Gasteiger partial charge in [0.15, 0.2) is 0 Å². The summed E-state index contributed by atoms with van der Waals surface area (Å²) in [5, 5.41) is 0. The van der Waals surface area contributed by atoms with Crippen molar-refractivity contribution in [1.29, 1.82) is 0 Å². The third-order valence-corrected chi connectivity index (χ3v) is 3.73. The number of rotatable bonds is 4. The molecule has 4 heteroatoms. The summed E-state index contributed by atoms with van der Waals surface area (Å²) in [5.41, 5.74) is 8.38. The van der Waals surface area contributed by atoms with Crippen molar-refractivity contribution < 1.29 is 0 Å². The van der Waals surface area contributed by atoms with Gasteiger partial charge in [-0.25, -0.2) is 9.97 Å². The number of aromatic nitrogens is 2. The van der Waals surface area contributed by atoms with Crippen LogP contribution < -0.4 is 10.6 Å². The number of nitrogens with zero attached hydrogens (tertiary/aromatic N) is 3. The SMILES string of the molecule is NCCN(c1ncnc2c1CCCC2)C1CC1. The molecule has 1 aromatic heterocycles. The Bertz CT molecular complexity index is 400. The third kappa shape index (κ3) is 2.14. The summed E-state index contributed by atoms with van der Waals surface area (Å²) >= 11 is 0. The van der Waals surface area contributed by atoms with Crippen molar-refractivity contribution in [1.82, 2.24) is 9.97 Å². The summed E-state index contributed by atoms with van der Waals surface area (Å²) in [6.07, 6.45) is 9.10. The first-order valence-electron chi connectivity index (χ1n) is 6.69. The molecule has 1 fully saturated rings. The Hall–Kier alpha value is -1.16. The predicted molar refractivity (Wildman–Crippen MR) is 68.1 cm³/mol. The molecule has 0 aromatic carbocycles. The number of hydrogen-bond acceptors (Lipinski definition) is 4. The summed E-state index contributed by atoms with van der Waals surface area (Å²) in [7, 11) is 0. The lowest BCUT2D eigenvalue weighted by molar-refractivity contribution is 0.651. The van der Waals surface area contributed by atoms with Crippen LogP contribution >= 0.6 is 0 Å². The van der Waals surface area contributed by atoms with E-state index < -0.39 is 0 Å². The zero-order valence-corrected chi connectivity index (χ0v) is 10.2. The molecule has 17 heavy (non-hydrogen) atoms. The summed E-state index contributed by atoms with van der Waals surface area (Å²) in [6, 6.07) is 0.680. The Kier molecular flexibility index (Phi) is 2.97. The average molecular weight is 232 g/mol. The summed E-state index contributed by atoms with van der Waals surface area (Å²) in [6.45, 7) is 1.63. The average Bonchev–Trinajstić information content (AvgIpc) is 3.20. The molecule has 2 aliphatic rings. The summed E-state index contributed by atoms with van der Waals surface area (Å²) in [4.78, 5) is 11.4. The quantitative estimate of drug-likeness (QED) is 0.849. The molecule has 1 saturated carbocycles. The van der Waals surface area contributed by atoms with E-state index in [1.807, 2.05) is 0 Å². The second kappa shape index (κ2) is 4.61. The molecule has 2 N–H and O–H groups in total. The maximum absolute atomic E-state index is 5.72. The molecule has 0 aliphatic heterocycles. The normalized spacial score (nSPS) is 18.9. The van der Waals surface area contributed by atoms with Crippen LogP contribution in [0.1, 0.15) is 36.9 Å². The van der Waals surface area contributed by atoms with Crippen LogP contribution in [0, 0.1) is 0 Å². The molecule has 1 heterocycles. The van der Waals surface area contributed by atoms with Gasteiger partial charge in [0.25, 0.3) is 0 Å². The van der Waals surface area contributed by atoms with E-state index in [1.54, 1.807) is 6.33 Å². The van der Waals surface area contributed by atoms with Gasteiger partial charge in [0.1, 0.15) is 12.1 Å². The largest absolute Gasteiger partial charge is 0.352 e. The fourth-order valence-electron chi connectivity index (χ4n) is 2.74. The van der Waals surface area contributed by atoms with Crippen molar-refractivity contribution in [2.24, 2.45) is 5.73 Å². The van der Waals surface area contributed by atoms with Gasteiger partial charge >= 0.3 is 0 Å². The van der Waals surface area contributed by atoms with Gasteiger partial charge in [-0.2, -0.15) is 0 Å². The highest BCUT2D eigenvalue weighted by Gasteiger charge is 2.31. The maximum atomic E-state index is 5.72. The van der Waals surface area contributed by atoms with Crippen LogP contribution in [0.25, 0.3) is 0 Å². The number of nitrogens with two attached hydrogens (primary N) is 1. The van der Waals surface area contributed by atoms with Crippen LogP contribution in [0.15, 0.2) is 6.33 Å². The second-order valence-corrected chi connectivity index (χ2v) is 5.04. The lowest BCUT2D eigenvalue weighted by Gasteiger charge is -2.27. The Morgan fingerprint density at radius 2 is 2.06 bits per heavy atom. The van der Waals surface area contributed by atoms with E-state index >= 15 is 0 Å². The minimum atomic E-state index is 0.680. The molecule has 0 amide bonds. The standard InChI is InChI=1S/C13H20N4/c14-7-8-17(10-5-6-10)13-11-3-1-2-4-12(11)15-9-16-13/h9-10H,1-8,14H2. The number of fused-ring (bicyclic) bond motifs is 1. The van der Waals surface area contributed by atoms with E-state index in [-0.39, 0.29) is 0 Å². The number of anilines is 1. The molecule has 1 aromatic rings. The van der Waals surface area contributed by atoms with E-state index in [4.69, 9.17) is 5.73 Å². The molecule has 0 spiro atoms. The van der Waals surface area contributed by atoms with Gasteiger partial charge in [0.2, 0.25) is 0 Å². The van der Waals surface area contributed by atoms with E-state index in [0.717, 1.165) is 19.4 Å². The van der Waals surface area contributed by atoms with Crippen molar-refractivity contribution in [3.8, 4) is 0 Å². The molecule has 0 bridgehead atoms. The molecule has 4 nitrogen and oxygen atoms in total. The van der Waals surface area contributed by atoms with Crippen LogP contribution in [-0.2, 0) is 12.8 Å². The van der Waals surface area contributed by atoms with Gasteiger partial charge in [0, 0.05) is 30.4 Å². The van der Waals surface area contributed by atoms with Gasteiger partial charge in [-0.05, 0) is 38.5 Å². The van der Waals surface area contributed by atoms with Crippen LogP contribution in [-0.4, -0.2) is 29.1 Å². The predicted octanol–water partition coefficient (Wildman–Crippen LogP) is 1.28. The topological polar surface area (TPSA) is 55.0 Å². The zero-order chi connectivity index (χ0) is 11.7. The minimum Gasteiger partial charge on any atom is -0.352 e. The maximum Gasteiger partial charge on any atom is 0.135 e. The number of aryl methyl sites for hydroxylation is 1. The highest BCUT2D eigenvalue weighted by atomic mass is 15.2. The smallest absolute Gasteiger partial charge is 0.135 e. The van der Waals surface area contributed by atoms with Gasteiger partial charge in [-0.3, -0.25) is 0 Å². The molecule has 92 valence electrons. The summed E-state index contributed by atoms with van der Waals surface area (Å²) in [5.74, 6) is 1.17. The molecule has 0 unspecified atom stereocenters. The molecule has 3 rings (SSSR count). The fourth-order valence-corrected chi connectivity index (χ4v) is 2.74. The summed E-state index contributed by atoms with van der Waals surface area (Å²) < 4.78 is 0. The van der Waals surface area contributed by atoms with E-state index in [9.17, 15) is 0 Å². The second-order valence-electron chi connectivity index (χ2n) is 5.04. The lowest BCUT2D eigenvalue weighted by Crippen LogP contribution is -2.33. The highest BCUT2D eigenvalue weighted by molar-refractivity contribution is 5.51. The molecular weight excluding hydrogens is 212 g/mol. The van der Waals surface area contributed by atoms with E-state index in [2.05, 4.69) is 14.9 Å². The van der Waals surface area contributed by atoms with Crippen LogP contribution in [0.5, 0.6) is 0 Å². The first-order valence-corrected chi connectivity index (χ1v) is 6.69. The van der Waals surface area contributed by atoms with Crippen molar-refractivity contribution in [2.75, 3.05) is 18.0 Å². The Balaban J connectivity index is 1.94. The van der Waals surface area contributed by atoms with Crippen molar-refractivity contribution in [2.45, 2.75) is 44.6 Å². The monoisotopic (exact) mass is 232 g/mol. The van der Waals surface area contributed by atoms with Gasteiger partial charge < -0.3 is 10.6 Å². The lowest BCUT2D eigenvalue weighted by atomic mass is 9.96. The van der Waals surface area contributed by atoms with Crippen molar-refractivity contribution >= 4 is 5.82 Å². The Labute approximate surface area is 102 Å². The fraction of sp³-hybridized carbons (Fsp3) is 0.692. The highest BCUT2D eigenvalue weighted by Crippen LogP contribution is 2.34. The zero-order valence-electron chi connectivity index (χ0n) is 10.2. The van der Waals surface area contributed by atoms with E-state index in [1.165, 1.54) is 42.8 Å². The molecule has 0 atom stereocenters. The first-order chi connectivity index (χ1) is 8.40. The van der Waals surface area contributed by atoms with Crippen molar-refractivity contribution in [3.63, 3.8) is 0 Å². The van der Waals surface area contributed by atoms with Gasteiger partial charge in [-0.1, -0.05) is 0 Å². The van der Waals surface area contributed by atoms with Crippen LogP contribution in [0.3, 0.4) is 0 Å². The molecule has 0 saturated heterocycles. The van der Waals surface area contributed by atoms with Gasteiger partial charge in [-0.15, -0.1) is 0 Å². The minimum absolute atomic E-state index is 0.680. The Morgan fingerprint density at radius 3 is 2.82 bits per heavy atom. The molecule has 0 radical (unpaired) electrons. The Morgan fingerprint density at radius 1 is 1.24 bits per heavy atom. The molecular formula is C13H20N4. The number of hydrogen-bond donors (Lipinski definition) is 1. The first kappa shape index (κ1) is 11.0. The van der Waals surface area contributed by atoms with Crippen LogP contribution in [0.4, 0.5) is 5.82 Å². The third-order valence-electron chi connectivity index (χ3n) is 3.73. The van der Waals surface area contributed by atoms with Crippen molar-refractivity contribution in [3.05, 3.63) is 17.6 Å².